The van der Waals surface area contributed by atoms with Crippen LogP contribution >= 0.6 is 11.8 Å². The number of aliphatic hydroxyl groups excluding tert-OH is 1. The molecule has 1 saturated heterocycles. The topological polar surface area (TPSA) is 132 Å². The molecule has 48 heavy (non-hydrogen) atoms. The van der Waals surface area contributed by atoms with E-state index < -0.39 is 12.3 Å². The molecule has 4 aromatic rings. The standard InChI is InChI=1S/C38H42N2O7S/c41-25-27-16-18-29(19-17-27)34-23-33(26-48-36-14-5-6-20-40(36)45)46-38(47-34)32-12-8-11-31(22-32)30-10-7-9-28(21-30)24-39-35(42)13-3-1-2-4-15-37(43)44/h5-12,14,16-22,33-34,38,41H,1-4,13,15,23-26H2,(H,39,42)(H,43,44)/t33-,34+,38+/m1/s1. The minimum atomic E-state index is -0.782. The minimum absolute atomic E-state index is 0.0159. The Hall–Kier alpha value is -4.22. The van der Waals surface area contributed by atoms with Crippen LogP contribution in [0.4, 0.5) is 0 Å². The zero-order valence-electron chi connectivity index (χ0n) is 26.8. The fourth-order valence-electron chi connectivity index (χ4n) is 5.66. The highest BCUT2D eigenvalue weighted by Crippen LogP contribution is 2.40. The smallest absolute Gasteiger partial charge is 0.303 e. The van der Waals surface area contributed by atoms with E-state index in [-0.39, 0.29) is 31.1 Å². The highest BCUT2D eigenvalue weighted by Gasteiger charge is 2.33. The largest absolute Gasteiger partial charge is 0.618 e. The van der Waals surface area contributed by atoms with Gasteiger partial charge in [-0.3, -0.25) is 9.59 Å². The second kappa shape index (κ2) is 17.8. The SMILES string of the molecule is O=C(O)CCCCCCC(=O)NCc1cccc(-c2cccc([C@H]3O[C@@H](CSc4cccc[n+]4[O-])C[C@@H](c4ccc(CO)cc4)O3)c2)c1. The van der Waals surface area contributed by atoms with Crippen molar-refractivity contribution >= 4 is 23.6 Å². The fraction of sp³-hybridized carbons (Fsp3) is 0.342. The second-order valence-corrected chi connectivity index (χ2v) is 13.0. The number of amides is 1. The third-order valence-electron chi connectivity index (χ3n) is 8.27. The van der Waals surface area contributed by atoms with Crippen molar-refractivity contribution in [1.29, 1.82) is 0 Å². The van der Waals surface area contributed by atoms with E-state index in [4.69, 9.17) is 14.6 Å². The van der Waals surface area contributed by atoms with Gasteiger partial charge in [0.15, 0.2) is 12.5 Å². The summed E-state index contributed by atoms with van der Waals surface area (Å²) < 4.78 is 13.9. The number of benzene rings is 3. The van der Waals surface area contributed by atoms with Crippen LogP contribution in [0.15, 0.2) is 102 Å². The lowest BCUT2D eigenvalue weighted by atomic mass is 9.99. The molecule has 0 bridgehead atoms. The zero-order chi connectivity index (χ0) is 33.7. The third kappa shape index (κ3) is 10.4. The van der Waals surface area contributed by atoms with Crippen molar-refractivity contribution in [3.8, 4) is 11.1 Å². The number of carboxylic acids is 1. The van der Waals surface area contributed by atoms with Crippen LogP contribution in [0.25, 0.3) is 11.1 Å². The number of aliphatic carboxylic acids is 1. The Morgan fingerprint density at radius 2 is 1.58 bits per heavy atom. The Morgan fingerprint density at radius 3 is 2.33 bits per heavy atom. The molecule has 0 aliphatic carbocycles. The summed E-state index contributed by atoms with van der Waals surface area (Å²) in [6.07, 6.45) is 4.67. The van der Waals surface area contributed by atoms with Crippen molar-refractivity contribution in [2.75, 3.05) is 5.75 Å². The van der Waals surface area contributed by atoms with E-state index in [0.717, 1.165) is 57.4 Å². The molecular formula is C38H42N2O7S. The number of rotatable bonds is 16. The molecule has 0 spiro atoms. The van der Waals surface area contributed by atoms with Gasteiger partial charge in [0.2, 0.25) is 5.91 Å². The van der Waals surface area contributed by atoms with Gasteiger partial charge in [0, 0.05) is 49.3 Å². The Balaban J connectivity index is 1.24. The van der Waals surface area contributed by atoms with Crippen molar-refractivity contribution in [1.82, 2.24) is 5.32 Å². The van der Waals surface area contributed by atoms with Crippen LogP contribution in [0.3, 0.4) is 0 Å². The zero-order valence-corrected chi connectivity index (χ0v) is 27.6. The molecule has 10 heteroatoms. The van der Waals surface area contributed by atoms with Crippen LogP contribution in [-0.4, -0.2) is 33.9 Å². The quantitative estimate of drug-likeness (QED) is 0.0510. The summed E-state index contributed by atoms with van der Waals surface area (Å²) >= 11 is 1.46. The lowest BCUT2D eigenvalue weighted by Gasteiger charge is -2.36. The minimum Gasteiger partial charge on any atom is -0.618 e. The van der Waals surface area contributed by atoms with Crippen LogP contribution < -0.4 is 10.0 Å². The van der Waals surface area contributed by atoms with Gasteiger partial charge in [-0.2, -0.15) is 4.73 Å². The number of hydrogen-bond donors (Lipinski definition) is 3. The van der Waals surface area contributed by atoms with Gasteiger partial charge in [-0.05, 0) is 58.9 Å². The summed E-state index contributed by atoms with van der Waals surface area (Å²) in [6.45, 7) is 0.391. The predicted octanol–water partition coefficient (Wildman–Crippen LogP) is 6.86. The van der Waals surface area contributed by atoms with Crippen LogP contribution in [0.1, 0.15) is 79.6 Å². The number of carbonyl (C=O) groups excluding carboxylic acids is 1. The average molecular weight is 671 g/mol. The molecule has 3 aromatic carbocycles. The summed E-state index contributed by atoms with van der Waals surface area (Å²) in [6, 6.07) is 29.3. The molecule has 3 N–H and O–H groups in total. The molecule has 0 radical (unpaired) electrons. The number of thioether (sulfide) groups is 1. The first-order valence-electron chi connectivity index (χ1n) is 16.4. The lowest BCUT2D eigenvalue weighted by Crippen LogP contribution is -2.32. The molecular weight excluding hydrogens is 628 g/mol. The van der Waals surface area contributed by atoms with E-state index >= 15 is 0 Å². The summed E-state index contributed by atoms with van der Waals surface area (Å²) in [5.74, 6) is -0.219. The highest BCUT2D eigenvalue weighted by molar-refractivity contribution is 7.99. The maximum absolute atomic E-state index is 12.4. The van der Waals surface area contributed by atoms with Crippen LogP contribution in [-0.2, 0) is 32.2 Å². The molecule has 1 aliphatic rings. The van der Waals surface area contributed by atoms with E-state index in [9.17, 15) is 19.9 Å². The number of aromatic nitrogens is 1. The van der Waals surface area contributed by atoms with E-state index in [2.05, 4.69) is 17.4 Å². The molecule has 0 unspecified atom stereocenters. The summed E-state index contributed by atoms with van der Waals surface area (Å²) in [4.78, 5) is 23.0. The Morgan fingerprint density at radius 1 is 0.833 bits per heavy atom. The third-order valence-corrected chi connectivity index (χ3v) is 9.42. The van der Waals surface area contributed by atoms with Crippen molar-refractivity contribution in [3.63, 3.8) is 0 Å². The van der Waals surface area contributed by atoms with E-state index in [1.165, 1.54) is 18.0 Å². The first-order chi connectivity index (χ1) is 23.4. The molecule has 1 aliphatic heterocycles. The molecule has 1 fully saturated rings. The number of unbranched alkanes of at least 4 members (excludes halogenated alkanes) is 3. The number of hydrogen-bond acceptors (Lipinski definition) is 7. The predicted molar refractivity (Wildman–Crippen MR) is 184 cm³/mol. The van der Waals surface area contributed by atoms with Gasteiger partial charge in [0.1, 0.15) is 0 Å². The number of carbonyl (C=O) groups is 2. The molecule has 1 aromatic heterocycles. The number of carboxylic acid groups (broad SMARTS) is 1. The number of nitrogens with zero attached hydrogens (tertiary/aromatic N) is 1. The molecule has 0 saturated carbocycles. The van der Waals surface area contributed by atoms with Crippen molar-refractivity contribution in [3.05, 3.63) is 125 Å². The van der Waals surface area contributed by atoms with Crippen LogP contribution in [0.2, 0.25) is 0 Å². The summed E-state index contributed by atoms with van der Waals surface area (Å²) in [5, 5.41) is 34.1. The number of nitrogens with one attached hydrogen (secondary N) is 1. The van der Waals surface area contributed by atoms with E-state index in [1.807, 2.05) is 66.7 Å². The van der Waals surface area contributed by atoms with Gasteiger partial charge in [-0.25, -0.2) is 0 Å². The van der Waals surface area contributed by atoms with Gasteiger partial charge >= 0.3 is 5.97 Å². The van der Waals surface area contributed by atoms with Crippen LogP contribution in [0.5, 0.6) is 0 Å². The Kier molecular flexibility index (Phi) is 13.0. The van der Waals surface area contributed by atoms with Gasteiger partial charge in [0.25, 0.3) is 5.03 Å². The Bertz CT molecular complexity index is 1650. The maximum Gasteiger partial charge on any atom is 0.303 e. The summed E-state index contributed by atoms with van der Waals surface area (Å²) in [5.41, 5.74) is 5.69. The van der Waals surface area contributed by atoms with E-state index in [1.54, 1.807) is 12.1 Å². The maximum atomic E-state index is 12.4. The van der Waals surface area contributed by atoms with Gasteiger partial charge in [-0.1, -0.05) is 85.3 Å². The normalized spacial score (nSPS) is 17.6. The molecule has 3 atom stereocenters. The first-order valence-corrected chi connectivity index (χ1v) is 17.4. The molecule has 252 valence electrons. The number of ether oxygens (including phenoxy) is 2. The summed E-state index contributed by atoms with van der Waals surface area (Å²) in [7, 11) is 0. The van der Waals surface area contributed by atoms with Gasteiger partial charge in [-0.15, -0.1) is 0 Å². The average Bonchev–Trinajstić information content (AvgIpc) is 3.12. The molecule has 1 amide bonds. The van der Waals surface area contributed by atoms with Crippen molar-refractivity contribution in [2.24, 2.45) is 0 Å². The highest BCUT2D eigenvalue weighted by atomic mass is 32.2. The first kappa shape index (κ1) is 35.1. The van der Waals surface area contributed by atoms with E-state index in [0.29, 0.717) is 36.6 Å². The molecule has 5 rings (SSSR count). The second-order valence-electron chi connectivity index (χ2n) is 11.9. The molecule has 2 heterocycles. The van der Waals surface area contributed by atoms with Crippen molar-refractivity contribution < 1.29 is 34.0 Å². The number of pyridine rings is 1. The lowest BCUT2D eigenvalue weighted by molar-refractivity contribution is -0.645. The van der Waals surface area contributed by atoms with Gasteiger partial charge < -0.3 is 30.2 Å². The van der Waals surface area contributed by atoms with Crippen LogP contribution in [0, 0.1) is 5.21 Å². The fourth-order valence-corrected chi connectivity index (χ4v) is 6.59. The molecule has 9 nitrogen and oxygen atoms in total. The monoisotopic (exact) mass is 670 g/mol. The Labute approximate surface area is 285 Å². The number of aliphatic hydroxyl groups is 1. The van der Waals surface area contributed by atoms with Gasteiger partial charge in [0.05, 0.1) is 18.8 Å². The van der Waals surface area contributed by atoms with Crippen molar-refractivity contribution in [2.45, 2.75) is 81.6 Å².